The van der Waals surface area contributed by atoms with Crippen LogP contribution in [0, 0.1) is 13.8 Å². The number of aryl methyl sites for hydroxylation is 2. The number of benzene rings is 8. The van der Waals surface area contributed by atoms with Crippen molar-refractivity contribution in [3.63, 3.8) is 0 Å². The van der Waals surface area contributed by atoms with Crippen LogP contribution in [0.4, 0.5) is 0 Å². The smallest absolute Gasteiger partial charge is 0.494 e. The molecule has 5 aliphatic heterocycles. The predicted molar refractivity (Wildman–Crippen MR) is 297 cm³/mol. The van der Waals surface area contributed by atoms with Crippen molar-refractivity contribution in [2.24, 2.45) is 0 Å². The number of carbonyl (C=O) groups is 2. The largest absolute Gasteiger partial charge is 0.497 e. The van der Waals surface area contributed by atoms with Crippen LogP contribution in [0.15, 0.2) is 162 Å². The number of ether oxygens (including phenoxy) is 8. The Hall–Kier alpha value is -8.04. The fraction of sp³-hybridized carbons (Fsp3) is 0.219. The molecule has 0 saturated carbocycles. The van der Waals surface area contributed by atoms with Gasteiger partial charge in [-0.15, -0.1) is 0 Å². The number of fused-ring (bicyclic) bond motifs is 12. The molecule has 2 unspecified atom stereocenters. The molecule has 13 rings (SSSR count). The van der Waals surface area contributed by atoms with Gasteiger partial charge in [-0.25, -0.2) is 9.59 Å². The number of halogens is 1. The van der Waals surface area contributed by atoms with Gasteiger partial charge in [0.2, 0.25) is 0 Å². The highest BCUT2D eigenvalue weighted by Gasteiger charge is 2.57. The lowest BCUT2D eigenvalue weighted by atomic mass is 9.73. The van der Waals surface area contributed by atoms with Crippen LogP contribution in [-0.4, -0.2) is 44.5 Å². The zero-order valence-corrected chi connectivity index (χ0v) is 45.9. The van der Waals surface area contributed by atoms with Crippen LogP contribution in [0.2, 0.25) is 0 Å². The van der Waals surface area contributed by atoms with Gasteiger partial charge in [0.15, 0.2) is 11.2 Å². The molecule has 5 heterocycles. The van der Waals surface area contributed by atoms with Gasteiger partial charge >= 0.3 is 19.1 Å². The van der Waals surface area contributed by atoms with Crippen LogP contribution < -0.4 is 33.9 Å². The van der Waals surface area contributed by atoms with Gasteiger partial charge in [-0.1, -0.05) is 82.7 Å². The van der Waals surface area contributed by atoms with Crippen molar-refractivity contribution in [1.82, 2.24) is 0 Å². The van der Waals surface area contributed by atoms with E-state index in [1.165, 1.54) is 0 Å². The monoisotopic (exact) mass is 1100 g/mol. The van der Waals surface area contributed by atoms with Crippen molar-refractivity contribution in [3.05, 3.63) is 229 Å². The first-order valence-corrected chi connectivity index (χ1v) is 26.4. The zero-order valence-electron chi connectivity index (χ0n) is 44.3. The van der Waals surface area contributed by atoms with Gasteiger partial charge in [0, 0.05) is 50.0 Å². The maximum absolute atomic E-state index is 13.6. The summed E-state index contributed by atoms with van der Waals surface area (Å²) in [4.78, 5) is 26.7. The zero-order chi connectivity index (χ0) is 54.3. The SMILES string of the molecule is COc1ccc(COc2ccc3c(c2)Oc2cc(C)ccc2C32OC(=O)c3cc(B4OC(C)(C)C(C)(C)O4)ccc32)cc1.COc1ccc(COc2ccc3c(c2)Oc2cc(C)ccc2C32OC(=O)c3cc(Br)ccc32)cc1. The summed E-state index contributed by atoms with van der Waals surface area (Å²) >= 11 is 3.48. The summed E-state index contributed by atoms with van der Waals surface area (Å²) in [6, 6.07) is 50.1. The van der Waals surface area contributed by atoms with Gasteiger partial charge in [-0.3, -0.25) is 0 Å². The molecule has 78 heavy (non-hydrogen) atoms. The number of hydrogen-bond donors (Lipinski definition) is 0. The summed E-state index contributed by atoms with van der Waals surface area (Å²) in [5, 5.41) is 0. The average molecular weight is 1110 g/mol. The Morgan fingerprint density at radius 3 is 1.28 bits per heavy atom. The molecule has 0 bridgehead atoms. The maximum atomic E-state index is 13.6. The molecule has 8 aromatic carbocycles. The molecule has 5 aliphatic rings. The van der Waals surface area contributed by atoms with Gasteiger partial charge in [-0.05, 0) is 148 Å². The van der Waals surface area contributed by atoms with Crippen LogP contribution in [0.3, 0.4) is 0 Å². The number of hydrogen-bond acceptors (Lipinski definition) is 12. The van der Waals surface area contributed by atoms with Crippen molar-refractivity contribution in [2.75, 3.05) is 14.2 Å². The third-order valence-corrected chi connectivity index (χ3v) is 16.0. The summed E-state index contributed by atoms with van der Waals surface area (Å²) in [7, 11) is 2.69. The topological polar surface area (TPSA) is 126 Å². The van der Waals surface area contributed by atoms with E-state index in [1.807, 2.05) is 199 Å². The summed E-state index contributed by atoms with van der Waals surface area (Å²) in [6.45, 7) is 12.8. The van der Waals surface area contributed by atoms with E-state index < -0.39 is 35.5 Å². The van der Waals surface area contributed by atoms with Gasteiger partial charge in [0.25, 0.3) is 0 Å². The quantitative estimate of drug-likeness (QED) is 0.101. The van der Waals surface area contributed by atoms with Crippen molar-refractivity contribution in [1.29, 1.82) is 0 Å². The Morgan fingerprint density at radius 1 is 0.449 bits per heavy atom. The Bertz CT molecular complexity index is 3710. The second-order valence-corrected chi connectivity index (χ2v) is 21.9. The van der Waals surface area contributed by atoms with Gasteiger partial charge in [-0.2, -0.15) is 0 Å². The molecule has 0 aromatic heterocycles. The molecule has 392 valence electrons. The molecular weight excluding hydrogens is 1050 g/mol. The van der Waals surface area contributed by atoms with Crippen LogP contribution in [0.1, 0.15) is 104 Å². The highest BCUT2D eigenvalue weighted by Crippen LogP contribution is 2.58. The van der Waals surface area contributed by atoms with Crippen molar-refractivity contribution >= 4 is 40.4 Å². The molecule has 0 aliphatic carbocycles. The summed E-state index contributed by atoms with van der Waals surface area (Å²) in [5.74, 6) is 4.58. The lowest BCUT2D eigenvalue weighted by molar-refractivity contribution is 0.00578. The number of methoxy groups -OCH3 is 2. The molecule has 8 aromatic rings. The summed E-state index contributed by atoms with van der Waals surface area (Å²) in [5.41, 5.74) is 7.26. The lowest BCUT2D eigenvalue weighted by Crippen LogP contribution is -2.41. The second kappa shape index (κ2) is 19.2. The van der Waals surface area contributed by atoms with Crippen molar-refractivity contribution in [3.8, 4) is 46.0 Å². The molecule has 14 heteroatoms. The fourth-order valence-electron chi connectivity index (χ4n) is 10.7. The van der Waals surface area contributed by atoms with Crippen LogP contribution in [-0.2, 0) is 43.2 Å². The highest BCUT2D eigenvalue weighted by molar-refractivity contribution is 9.10. The van der Waals surface area contributed by atoms with E-state index in [1.54, 1.807) is 14.2 Å². The standard InChI is InChI=1S/C35H33BO7.C29H21BrO5/c1-21-7-14-28-30(17-21)40-31-19-25(39-20-22-8-11-24(38-6)12-9-22)13-16-29(31)35(28)27-15-10-23(18-26(27)32(37)41-35)36-42-33(2,3)34(4,5)43-36;1-17-3-10-24-26(13-17)34-27-15-21(33-16-18-4-7-20(32-2)8-5-18)9-12-25(27)29(24)23-11-6-19(30)14-22(23)28(31)35-29/h7-19H,20H2,1-6H3;3-15H,16H2,1-2H3. The Morgan fingerprint density at radius 2 is 0.833 bits per heavy atom. The van der Waals surface area contributed by atoms with Crippen LogP contribution in [0.5, 0.6) is 46.0 Å². The molecule has 2 atom stereocenters. The van der Waals surface area contributed by atoms with Crippen molar-refractivity contribution < 1.29 is 56.8 Å². The van der Waals surface area contributed by atoms with E-state index >= 15 is 0 Å². The normalized spacial score (nSPS) is 19.1. The number of rotatable bonds is 9. The third-order valence-electron chi connectivity index (χ3n) is 15.5. The number of carbonyl (C=O) groups excluding carboxylic acids is 2. The van der Waals surface area contributed by atoms with E-state index in [-0.39, 0.29) is 5.97 Å². The second-order valence-electron chi connectivity index (χ2n) is 21.0. The molecule has 0 N–H and O–H groups in total. The van der Waals surface area contributed by atoms with E-state index in [0.29, 0.717) is 58.8 Å². The maximum Gasteiger partial charge on any atom is 0.494 e. The first-order chi connectivity index (χ1) is 37.5. The van der Waals surface area contributed by atoms with Gasteiger partial charge < -0.3 is 47.2 Å². The number of esters is 2. The van der Waals surface area contributed by atoms with Crippen LogP contribution in [0.25, 0.3) is 0 Å². The Balaban J connectivity index is 0.000000160. The molecular formula is C64H54BBrO12. The first-order valence-electron chi connectivity index (χ1n) is 25.6. The van der Waals surface area contributed by atoms with E-state index in [2.05, 4.69) is 15.9 Å². The van der Waals surface area contributed by atoms with Gasteiger partial charge in [0.05, 0.1) is 36.5 Å². The van der Waals surface area contributed by atoms with Gasteiger partial charge in [0.1, 0.15) is 59.2 Å². The molecule has 0 radical (unpaired) electrons. The van der Waals surface area contributed by atoms with E-state index in [0.717, 1.165) is 77.1 Å². The minimum Gasteiger partial charge on any atom is -0.497 e. The first kappa shape index (κ1) is 50.8. The minimum absolute atomic E-state index is 0.361. The lowest BCUT2D eigenvalue weighted by Gasteiger charge is -2.36. The molecule has 1 fully saturated rings. The summed E-state index contributed by atoms with van der Waals surface area (Å²) < 4.78 is 61.4. The summed E-state index contributed by atoms with van der Waals surface area (Å²) in [6.07, 6.45) is 0. The molecule has 1 saturated heterocycles. The molecule has 0 amide bonds. The highest BCUT2D eigenvalue weighted by atomic mass is 79.9. The predicted octanol–water partition coefficient (Wildman–Crippen LogP) is 13.4. The minimum atomic E-state index is -1.17. The Labute approximate surface area is 461 Å². The molecule has 2 spiro atoms. The molecule has 12 nitrogen and oxygen atoms in total. The average Bonchev–Trinajstić information content (AvgIpc) is 4.19. The van der Waals surface area contributed by atoms with E-state index in [4.69, 9.17) is 47.2 Å². The third kappa shape index (κ3) is 8.54. The van der Waals surface area contributed by atoms with E-state index in [9.17, 15) is 9.59 Å². The van der Waals surface area contributed by atoms with Crippen LogP contribution >= 0.6 is 15.9 Å². The van der Waals surface area contributed by atoms with Crippen molar-refractivity contribution in [2.45, 2.75) is 77.2 Å². The Kier molecular flexibility index (Phi) is 12.5. The fourth-order valence-corrected chi connectivity index (χ4v) is 11.1.